The van der Waals surface area contributed by atoms with E-state index in [9.17, 15) is 35.9 Å². The van der Waals surface area contributed by atoms with Gasteiger partial charge in [-0.05, 0) is 38.3 Å². The van der Waals surface area contributed by atoms with Gasteiger partial charge in [-0.3, -0.25) is 14.6 Å². The SMILES string of the molecule is CCOC(=O)Cc1ncccc1C(=O)NC1C[C@H](C(F)(F)F)C[C@@H](C(F)(F)F)C1. The highest BCUT2D eigenvalue weighted by Crippen LogP contribution is 2.45. The minimum Gasteiger partial charge on any atom is -0.466 e. The molecular weight excluding hydrogens is 406 g/mol. The first kappa shape index (κ1) is 23.0. The lowest BCUT2D eigenvalue weighted by Crippen LogP contribution is -2.47. The van der Waals surface area contributed by atoms with Crippen LogP contribution in [0.3, 0.4) is 0 Å². The fourth-order valence-corrected chi connectivity index (χ4v) is 3.37. The fraction of sp³-hybridized carbons (Fsp3) is 0.611. The van der Waals surface area contributed by atoms with Crippen LogP contribution in [0.4, 0.5) is 26.3 Å². The topological polar surface area (TPSA) is 68.3 Å². The summed E-state index contributed by atoms with van der Waals surface area (Å²) in [4.78, 5) is 28.1. The van der Waals surface area contributed by atoms with Gasteiger partial charge in [0.25, 0.3) is 5.91 Å². The van der Waals surface area contributed by atoms with Crippen molar-refractivity contribution in [3.63, 3.8) is 0 Å². The van der Waals surface area contributed by atoms with Crippen LogP contribution >= 0.6 is 0 Å². The van der Waals surface area contributed by atoms with E-state index in [1.54, 1.807) is 6.92 Å². The second-order valence-corrected chi connectivity index (χ2v) is 6.83. The number of carbonyl (C=O) groups excluding carboxylic acids is 2. The van der Waals surface area contributed by atoms with Crippen LogP contribution in [0.25, 0.3) is 0 Å². The minimum atomic E-state index is -4.80. The minimum absolute atomic E-state index is 0.0269. The molecule has 11 heteroatoms. The van der Waals surface area contributed by atoms with Crippen LogP contribution in [0.2, 0.25) is 0 Å². The van der Waals surface area contributed by atoms with Crippen LogP contribution in [0.1, 0.15) is 42.2 Å². The molecule has 1 aromatic heterocycles. The summed E-state index contributed by atoms with van der Waals surface area (Å²) >= 11 is 0. The second kappa shape index (κ2) is 9.00. The molecule has 0 saturated heterocycles. The van der Waals surface area contributed by atoms with E-state index in [0.717, 1.165) is 0 Å². The molecule has 1 amide bonds. The summed E-state index contributed by atoms with van der Waals surface area (Å²) in [5.41, 5.74) is -0.0720. The van der Waals surface area contributed by atoms with Crippen molar-refractivity contribution < 1.29 is 40.7 Å². The fourth-order valence-electron chi connectivity index (χ4n) is 3.37. The average Bonchev–Trinajstić information content (AvgIpc) is 2.60. The van der Waals surface area contributed by atoms with Crippen molar-refractivity contribution in [2.75, 3.05) is 6.61 Å². The number of aromatic nitrogens is 1. The number of hydrogen-bond donors (Lipinski definition) is 1. The predicted octanol–water partition coefficient (Wildman–Crippen LogP) is 3.83. The van der Waals surface area contributed by atoms with E-state index in [0.29, 0.717) is 0 Å². The van der Waals surface area contributed by atoms with Gasteiger partial charge in [0.05, 0.1) is 36.1 Å². The lowest BCUT2D eigenvalue weighted by molar-refractivity contribution is -0.225. The molecule has 0 radical (unpaired) electrons. The number of pyridine rings is 1. The Bertz CT molecular complexity index is 713. The Labute approximate surface area is 162 Å². The number of esters is 1. The predicted molar refractivity (Wildman–Crippen MR) is 88.8 cm³/mol. The van der Waals surface area contributed by atoms with Crippen molar-refractivity contribution in [2.45, 2.75) is 51.0 Å². The van der Waals surface area contributed by atoms with Crippen molar-refractivity contribution >= 4 is 11.9 Å². The molecule has 0 unspecified atom stereocenters. The maximum atomic E-state index is 13.1. The third-order valence-electron chi connectivity index (χ3n) is 4.72. The number of amides is 1. The molecule has 1 heterocycles. The maximum Gasteiger partial charge on any atom is 0.391 e. The average molecular weight is 426 g/mol. The molecule has 2 rings (SSSR count). The molecule has 0 bridgehead atoms. The van der Waals surface area contributed by atoms with Crippen molar-refractivity contribution in [3.05, 3.63) is 29.6 Å². The summed E-state index contributed by atoms with van der Waals surface area (Å²) in [6.07, 6.45) is -11.0. The van der Waals surface area contributed by atoms with Crippen LogP contribution in [-0.4, -0.2) is 41.9 Å². The number of ether oxygens (including phenoxy) is 1. The second-order valence-electron chi connectivity index (χ2n) is 6.83. The van der Waals surface area contributed by atoms with Crippen LogP contribution in [0.15, 0.2) is 18.3 Å². The summed E-state index contributed by atoms with van der Waals surface area (Å²) in [5, 5.41) is 2.25. The van der Waals surface area contributed by atoms with Gasteiger partial charge in [0.15, 0.2) is 0 Å². The molecule has 1 fully saturated rings. The zero-order valence-electron chi connectivity index (χ0n) is 15.4. The van der Waals surface area contributed by atoms with Gasteiger partial charge in [-0.15, -0.1) is 0 Å². The molecule has 1 N–H and O–H groups in total. The Morgan fingerprint density at radius 2 is 1.69 bits per heavy atom. The van der Waals surface area contributed by atoms with Gasteiger partial charge in [0.1, 0.15) is 0 Å². The largest absolute Gasteiger partial charge is 0.466 e. The molecule has 29 heavy (non-hydrogen) atoms. The molecule has 1 aliphatic carbocycles. The summed E-state index contributed by atoms with van der Waals surface area (Å²) in [6.45, 7) is 1.69. The van der Waals surface area contributed by atoms with Crippen LogP contribution in [-0.2, 0) is 16.0 Å². The van der Waals surface area contributed by atoms with Crippen LogP contribution in [0.5, 0.6) is 0 Å². The lowest BCUT2D eigenvalue weighted by atomic mass is 9.77. The van der Waals surface area contributed by atoms with Gasteiger partial charge >= 0.3 is 18.3 Å². The standard InChI is InChI=1S/C18H20F6N2O3/c1-2-29-15(27)9-14-13(4-3-5-25-14)16(28)26-12-7-10(17(19,20)21)6-11(8-12)18(22,23)24/h3-5,10-12H,2,6-9H2,1H3,(H,26,28)/t10-,11-/m1/s1. The van der Waals surface area contributed by atoms with E-state index in [1.807, 2.05) is 0 Å². The van der Waals surface area contributed by atoms with E-state index in [-0.39, 0.29) is 24.3 Å². The molecule has 2 atom stereocenters. The van der Waals surface area contributed by atoms with Gasteiger partial charge in [-0.1, -0.05) is 0 Å². The van der Waals surface area contributed by atoms with Crippen LogP contribution in [0, 0.1) is 11.8 Å². The molecular formula is C18H20F6N2O3. The van der Waals surface area contributed by atoms with E-state index in [2.05, 4.69) is 10.3 Å². The van der Waals surface area contributed by atoms with Gasteiger partial charge < -0.3 is 10.1 Å². The summed E-state index contributed by atoms with van der Waals surface area (Å²) < 4.78 is 83.2. The van der Waals surface area contributed by atoms with Gasteiger partial charge in [0.2, 0.25) is 0 Å². The van der Waals surface area contributed by atoms with Gasteiger partial charge in [-0.2, -0.15) is 26.3 Å². The molecule has 1 saturated carbocycles. The molecule has 1 aromatic rings. The number of halogens is 6. The third-order valence-corrected chi connectivity index (χ3v) is 4.72. The van der Waals surface area contributed by atoms with E-state index in [1.165, 1.54) is 18.3 Å². The number of hydrogen-bond acceptors (Lipinski definition) is 4. The molecule has 162 valence electrons. The first-order chi connectivity index (χ1) is 13.4. The number of alkyl halides is 6. The van der Waals surface area contributed by atoms with E-state index >= 15 is 0 Å². The highest BCUT2D eigenvalue weighted by molar-refractivity contribution is 5.96. The number of nitrogens with one attached hydrogen (secondary N) is 1. The van der Waals surface area contributed by atoms with Crippen molar-refractivity contribution in [1.29, 1.82) is 0 Å². The maximum absolute atomic E-state index is 13.1. The number of carbonyl (C=O) groups is 2. The Hall–Kier alpha value is -2.33. The monoisotopic (exact) mass is 426 g/mol. The van der Waals surface area contributed by atoms with Gasteiger partial charge in [-0.25, -0.2) is 0 Å². The molecule has 0 spiro atoms. The van der Waals surface area contributed by atoms with Crippen LogP contribution < -0.4 is 5.32 Å². The molecule has 5 nitrogen and oxygen atoms in total. The zero-order valence-corrected chi connectivity index (χ0v) is 15.4. The highest BCUT2D eigenvalue weighted by atomic mass is 19.4. The molecule has 0 aromatic carbocycles. The first-order valence-corrected chi connectivity index (χ1v) is 8.95. The first-order valence-electron chi connectivity index (χ1n) is 8.95. The Balaban J connectivity index is 2.17. The zero-order chi connectivity index (χ0) is 21.8. The highest BCUT2D eigenvalue weighted by Gasteiger charge is 2.52. The molecule has 1 aliphatic rings. The van der Waals surface area contributed by atoms with Crippen molar-refractivity contribution in [2.24, 2.45) is 11.8 Å². The quantitative estimate of drug-likeness (QED) is 0.574. The van der Waals surface area contributed by atoms with Crippen molar-refractivity contribution in [1.82, 2.24) is 10.3 Å². The normalized spacial score (nSPS) is 22.8. The van der Waals surface area contributed by atoms with E-state index in [4.69, 9.17) is 4.74 Å². The number of nitrogens with zero attached hydrogens (tertiary/aromatic N) is 1. The Morgan fingerprint density at radius 1 is 1.10 bits per heavy atom. The number of rotatable bonds is 5. The smallest absolute Gasteiger partial charge is 0.391 e. The lowest BCUT2D eigenvalue weighted by Gasteiger charge is -2.37. The summed E-state index contributed by atoms with van der Waals surface area (Å²) in [7, 11) is 0. The van der Waals surface area contributed by atoms with Gasteiger partial charge in [0, 0.05) is 12.2 Å². The van der Waals surface area contributed by atoms with E-state index < -0.39 is 61.4 Å². The van der Waals surface area contributed by atoms with Crippen molar-refractivity contribution in [3.8, 4) is 0 Å². The Morgan fingerprint density at radius 3 is 2.21 bits per heavy atom. The third kappa shape index (κ3) is 6.33. The summed E-state index contributed by atoms with van der Waals surface area (Å²) in [6, 6.07) is 1.36. The Kier molecular flexibility index (Phi) is 7.12. The molecule has 0 aliphatic heterocycles. The summed E-state index contributed by atoms with van der Waals surface area (Å²) in [5.74, 6) is -5.87.